The summed E-state index contributed by atoms with van der Waals surface area (Å²) in [6.45, 7) is 12.2. The second-order valence-electron chi connectivity index (χ2n) is 11.4. The van der Waals surface area contributed by atoms with Crippen LogP contribution in [0, 0.1) is 25.7 Å². The van der Waals surface area contributed by atoms with Gasteiger partial charge in [-0.15, -0.1) is 13.2 Å². The first kappa shape index (κ1) is 30.2. The van der Waals surface area contributed by atoms with Crippen LogP contribution in [0.1, 0.15) is 24.0 Å². The third-order valence-corrected chi connectivity index (χ3v) is 9.59. The van der Waals surface area contributed by atoms with E-state index in [9.17, 15) is 19.5 Å². The quantitative estimate of drug-likeness (QED) is 0.296. The molecule has 42 heavy (non-hydrogen) atoms. The van der Waals surface area contributed by atoms with Crippen molar-refractivity contribution in [3.63, 3.8) is 0 Å². The maximum atomic E-state index is 14.7. The van der Waals surface area contributed by atoms with Crippen molar-refractivity contribution < 1.29 is 24.2 Å². The number of carbonyl (C=O) groups is 3. The van der Waals surface area contributed by atoms with Gasteiger partial charge in [-0.2, -0.15) is 0 Å². The molecular formula is C33H38BrN3O5. The minimum Gasteiger partial charge on any atom is -0.396 e. The Morgan fingerprint density at radius 1 is 1.10 bits per heavy atom. The zero-order chi connectivity index (χ0) is 30.2. The predicted octanol–water partition coefficient (Wildman–Crippen LogP) is 4.17. The van der Waals surface area contributed by atoms with Crippen molar-refractivity contribution in [3.8, 4) is 0 Å². The summed E-state index contributed by atoms with van der Waals surface area (Å²) in [5, 5.41) is 9.69. The van der Waals surface area contributed by atoms with Gasteiger partial charge in [0, 0.05) is 42.4 Å². The molecule has 2 bridgehead atoms. The van der Waals surface area contributed by atoms with Crippen molar-refractivity contribution in [2.24, 2.45) is 11.8 Å². The number of nitrogens with zero attached hydrogens (tertiary/aromatic N) is 3. The number of alkyl halides is 1. The molecule has 2 aromatic carbocycles. The van der Waals surface area contributed by atoms with Gasteiger partial charge in [-0.05, 0) is 56.0 Å². The lowest BCUT2D eigenvalue weighted by Gasteiger charge is -2.37. The Hall–Kier alpha value is -3.27. The Bertz CT molecular complexity index is 1380. The van der Waals surface area contributed by atoms with Crippen molar-refractivity contribution in [1.82, 2.24) is 4.90 Å². The summed E-state index contributed by atoms with van der Waals surface area (Å²) in [6.07, 6.45) is 3.46. The molecule has 3 heterocycles. The number of amides is 3. The number of aliphatic hydroxyl groups is 1. The molecule has 0 aliphatic carbocycles. The van der Waals surface area contributed by atoms with Crippen molar-refractivity contribution in [2.45, 2.75) is 49.3 Å². The fourth-order valence-electron chi connectivity index (χ4n) is 7.01. The zero-order valence-electron chi connectivity index (χ0n) is 24.1. The van der Waals surface area contributed by atoms with Gasteiger partial charge < -0.3 is 24.5 Å². The van der Waals surface area contributed by atoms with Crippen molar-refractivity contribution in [3.05, 3.63) is 85.0 Å². The molecule has 0 saturated carbocycles. The molecule has 9 heteroatoms. The standard InChI is InChI=1S/C33H38BrN3O5/c1-5-15-35(23-11-8-7-9-12-23)30(39)26-27-31(40)37(17-10-18-38)29(33(27)20-24(34)28(26)42-33)32(41)36(16-6-2)25-19-21(3)13-14-22(25)4/h5-9,11-14,19,24,26-29,38H,1-2,10,15-18,20H2,3-4H3/t24?,26-,27+,28-,29?,33?/m1/s1. The van der Waals surface area contributed by atoms with Crippen LogP contribution in [-0.2, 0) is 19.1 Å². The molecule has 6 atom stereocenters. The largest absolute Gasteiger partial charge is 0.396 e. The van der Waals surface area contributed by atoms with E-state index in [0.29, 0.717) is 18.5 Å². The number of anilines is 2. The maximum Gasteiger partial charge on any atom is 0.253 e. The van der Waals surface area contributed by atoms with E-state index in [1.54, 1.807) is 26.9 Å². The molecule has 1 spiro atoms. The fourth-order valence-corrected chi connectivity index (χ4v) is 7.95. The van der Waals surface area contributed by atoms with Crippen LogP contribution in [0.5, 0.6) is 0 Å². The van der Waals surface area contributed by atoms with Gasteiger partial charge in [-0.3, -0.25) is 14.4 Å². The van der Waals surface area contributed by atoms with Gasteiger partial charge in [0.15, 0.2) is 0 Å². The van der Waals surface area contributed by atoms with E-state index < -0.39 is 29.6 Å². The number of rotatable bonds is 11. The Morgan fingerprint density at radius 3 is 2.45 bits per heavy atom. The number of aliphatic hydroxyl groups excluding tert-OH is 1. The first-order valence-electron chi connectivity index (χ1n) is 14.4. The molecule has 222 valence electrons. The number of fused-ring (bicyclic) bond motifs is 1. The minimum atomic E-state index is -1.20. The summed E-state index contributed by atoms with van der Waals surface area (Å²) >= 11 is 3.76. The summed E-state index contributed by atoms with van der Waals surface area (Å²) in [6, 6.07) is 14.3. The van der Waals surface area contributed by atoms with Gasteiger partial charge in [-0.25, -0.2) is 0 Å². The first-order chi connectivity index (χ1) is 20.2. The number of likely N-dealkylation sites (tertiary alicyclic amines) is 1. The number of hydrogen-bond donors (Lipinski definition) is 1. The van der Waals surface area contributed by atoms with Crippen LogP contribution < -0.4 is 9.80 Å². The van der Waals surface area contributed by atoms with E-state index in [1.165, 1.54) is 0 Å². The summed E-state index contributed by atoms with van der Waals surface area (Å²) in [5.41, 5.74) is 2.16. The van der Waals surface area contributed by atoms with E-state index in [0.717, 1.165) is 16.8 Å². The number of benzene rings is 2. The third-order valence-electron chi connectivity index (χ3n) is 8.74. The van der Waals surface area contributed by atoms with Crippen LogP contribution in [-0.4, -0.2) is 76.5 Å². The molecule has 1 N–H and O–H groups in total. The molecule has 5 rings (SSSR count). The molecule has 3 unspecified atom stereocenters. The van der Waals surface area contributed by atoms with Crippen molar-refractivity contribution in [2.75, 3.05) is 36.0 Å². The van der Waals surface area contributed by atoms with Gasteiger partial charge in [0.2, 0.25) is 11.8 Å². The van der Waals surface area contributed by atoms with E-state index in [2.05, 4.69) is 29.1 Å². The van der Waals surface area contributed by atoms with Crippen molar-refractivity contribution >= 4 is 45.0 Å². The molecule has 3 aliphatic heterocycles. The Kier molecular flexibility index (Phi) is 8.73. The number of halogens is 1. The summed E-state index contributed by atoms with van der Waals surface area (Å²) in [7, 11) is 0. The molecule has 8 nitrogen and oxygen atoms in total. The lowest BCUT2D eigenvalue weighted by Crippen LogP contribution is -2.57. The summed E-state index contributed by atoms with van der Waals surface area (Å²) < 4.78 is 6.71. The Morgan fingerprint density at radius 2 is 1.79 bits per heavy atom. The van der Waals surface area contributed by atoms with Crippen LogP contribution in [0.2, 0.25) is 0 Å². The number of para-hydroxylation sites is 1. The first-order valence-corrected chi connectivity index (χ1v) is 15.3. The van der Waals surface area contributed by atoms with Crippen LogP contribution in [0.4, 0.5) is 11.4 Å². The van der Waals surface area contributed by atoms with Gasteiger partial charge in [0.1, 0.15) is 11.6 Å². The minimum absolute atomic E-state index is 0.135. The number of aryl methyl sites for hydroxylation is 2. The lowest BCUT2D eigenvalue weighted by molar-refractivity contribution is -0.140. The molecule has 0 aromatic heterocycles. The highest BCUT2D eigenvalue weighted by molar-refractivity contribution is 9.09. The van der Waals surface area contributed by atoms with Gasteiger partial charge >= 0.3 is 0 Å². The molecule has 3 fully saturated rings. The topological polar surface area (TPSA) is 90.4 Å². The average molecular weight is 637 g/mol. The second kappa shape index (κ2) is 12.1. The summed E-state index contributed by atoms with van der Waals surface area (Å²) in [4.78, 5) is 48.0. The van der Waals surface area contributed by atoms with E-state index in [1.807, 2.05) is 62.4 Å². The summed E-state index contributed by atoms with van der Waals surface area (Å²) in [5.74, 6) is -2.43. The molecule has 0 radical (unpaired) electrons. The van der Waals surface area contributed by atoms with Crippen LogP contribution in [0.25, 0.3) is 0 Å². The fraction of sp³-hybridized carbons (Fsp3) is 0.424. The maximum absolute atomic E-state index is 14.7. The molecular weight excluding hydrogens is 598 g/mol. The molecule has 3 aliphatic rings. The van der Waals surface area contributed by atoms with E-state index in [-0.39, 0.29) is 48.8 Å². The highest BCUT2D eigenvalue weighted by atomic mass is 79.9. The van der Waals surface area contributed by atoms with Crippen molar-refractivity contribution in [1.29, 1.82) is 0 Å². The van der Waals surface area contributed by atoms with E-state index >= 15 is 0 Å². The normalized spacial score (nSPS) is 27.6. The SMILES string of the molecule is C=CCN(C(=O)[C@H]1[C@@H]2OC3(CC2Br)C(C(=O)N(CC=C)c2cc(C)ccc2C)N(CCCO)C(=O)[C@H]13)c1ccccc1. The van der Waals surface area contributed by atoms with Crippen LogP contribution in [0.15, 0.2) is 73.8 Å². The zero-order valence-corrected chi connectivity index (χ0v) is 25.7. The number of carbonyl (C=O) groups excluding carboxylic acids is 3. The van der Waals surface area contributed by atoms with Crippen LogP contribution in [0.3, 0.4) is 0 Å². The van der Waals surface area contributed by atoms with Gasteiger partial charge in [0.05, 0.1) is 17.9 Å². The third kappa shape index (κ3) is 4.91. The smallest absolute Gasteiger partial charge is 0.253 e. The van der Waals surface area contributed by atoms with Gasteiger partial charge in [0.25, 0.3) is 5.91 Å². The molecule has 2 aromatic rings. The Balaban J connectivity index is 1.60. The van der Waals surface area contributed by atoms with Gasteiger partial charge in [-0.1, -0.05) is 58.4 Å². The molecule has 3 saturated heterocycles. The van der Waals surface area contributed by atoms with Crippen LogP contribution >= 0.6 is 15.9 Å². The molecule has 3 amide bonds. The highest BCUT2D eigenvalue weighted by Crippen LogP contribution is 2.60. The van der Waals surface area contributed by atoms with E-state index in [4.69, 9.17) is 4.74 Å². The number of hydrogen-bond acceptors (Lipinski definition) is 5. The predicted molar refractivity (Wildman–Crippen MR) is 167 cm³/mol. The number of ether oxygens (including phenoxy) is 1. The Labute approximate surface area is 255 Å². The second-order valence-corrected chi connectivity index (χ2v) is 12.5. The highest BCUT2D eigenvalue weighted by Gasteiger charge is 2.77. The average Bonchev–Trinajstić information content (AvgIpc) is 3.57. The lowest BCUT2D eigenvalue weighted by atomic mass is 9.70. The monoisotopic (exact) mass is 635 g/mol.